The second kappa shape index (κ2) is 5.01. The van der Waals surface area contributed by atoms with Gasteiger partial charge in [0.25, 0.3) is 5.91 Å². The molecule has 0 saturated carbocycles. The fourth-order valence-corrected chi connectivity index (χ4v) is 2.55. The lowest BCUT2D eigenvalue weighted by atomic mass is 10.2. The number of nitrogens with one attached hydrogen (secondary N) is 1. The molecular formula is C13H8F4N2O3S. The molecule has 1 aliphatic heterocycles. The monoisotopic (exact) mass is 348 g/mol. The number of halogens is 4. The summed E-state index contributed by atoms with van der Waals surface area (Å²) < 4.78 is 60.2. The van der Waals surface area contributed by atoms with Gasteiger partial charge in [0.1, 0.15) is 4.88 Å². The summed E-state index contributed by atoms with van der Waals surface area (Å²) in [4.78, 5) is 12.2. The number of ether oxygens (including phenoxy) is 2. The smallest absolute Gasteiger partial charge is 0.421 e. The molecule has 0 bridgehead atoms. The van der Waals surface area contributed by atoms with Gasteiger partial charge in [-0.25, -0.2) is 0 Å². The lowest BCUT2D eigenvalue weighted by Gasteiger charge is -2.31. The first kappa shape index (κ1) is 15.4. The Kier molecular flexibility index (Phi) is 3.36. The number of hydrogen-bond acceptors (Lipinski definition) is 5. The number of thiophene rings is 1. The highest BCUT2D eigenvalue weighted by Gasteiger charge is 2.65. The number of benzene rings is 1. The van der Waals surface area contributed by atoms with Crippen molar-refractivity contribution in [2.75, 3.05) is 11.1 Å². The highest BCUT2D eigenvalue weighted by Crippen LogP contribution is 2.47. The van der Waals surface area contributed by atoms with Gasteiger partial charge >= 0.3 is 12.2 Å². The molecule has 0 saturated heterocycles. The molecule has 0 atom stereocenters. The number of carbonyl (C=O) groups excluding carboxylic acids is 1. The summed E-state index contributed by atoms with van der Waals surface area (Å²) in [5, 5.41) is 4.01. The Morgan fingerprint density at radius 2 is 1.74 bits per heavy atom. The molecule has 3 rings (SSSR count). The predicted molar refractivity (Wildman–Crippen MR) is 74.3 cm³/mol. The summed E-state index contributed by atoms with van der Waals surface area (Å²) in [7, 11) is 0. The number of nitrogens with two attached hydrogens (primary N) is 1. The van der Waals surface area contributed by atoms with Gasteiger partial charge in [0, 0.05) is 11.8 Å². The Morgan fingerprint density at radius 1 is 1.09 bits per heavy atom. The summed E-state index contributed by atoms with van der Waals surface area (Å²) in [6.07, 6.45) is -9.60. The highest BCUT2D eigenvalue weighted by molar-refractivity contribution is 7.12. The standard InChI is InChI=1S/C13H8F4N2O3S/c14-12(15)13(16,17)22-9-5-6(1-2-8(9)21-12)19-11(20)10-7(18)3-4-23-10/h1-5H,18H2,(H,19,20). The van der Waals surface area contributed by atoms with Crippen molar-refractivity contribution >= 4 is 28.6 Å². The van der Waals surface area contributed by atoms with Crippen LogP contribution in [-0.4, -0.2) is 18.1 Å². The molecule has 2 aromatic rings. The number of amides is 1. The van der Waals surface area contributed by atoms with Gasteiger partial charge in [0.2, 0.25) is 0 Å². The fourth-order valence-electron chi connectivity index (χ4n) is 1.84. The molecule has 0 radical (unpaired) electrons. The van der Waals surface area contributed by atoms with E-state index in [2.05, 4.69) is 14.8 Å². The molecule has 0 spiro atoms. The van der Waals surface area contributed by atoms with Crippen molar-refractivity contribution in [2.45, 2.75) is 12.2 Å². The summed E-state index contributed by atoms with van der Waals surface area (Å²) in [6.45, 7) is 0. The van der Waals surface area contributed by atoms with E-state index in [0.29, 0.717) is 0 Å². The first-order valence-electron chi connectivity index (χ1n) is 6.12. The Morgan fingerprint density at radius 3 is 2.35 bits per heavy atom. The third-order valence-electron chi connectivity index (χ3n) is 2.92. The Balaban J connectivity index is 1.85. The van der Waals surface area contributed by atoms with Crippen LogP contribution in [0.5, 0.6) is 11.5 Å². The maximum Gasteiger partial charge on any atom is 0.507 e. The number of nitrogen functional groups attached to an aromatic ring is 1. The van der Waals surface area contributed by atoms with E-state index in [1.165, 1.54) is 12.1 Å². The zero-order valence-corrected chi connectivity index (χ0v) is 11.9. The molecule has 122 valence electrons. The van der Waals surface area contributed by atoms with Gasteiger partial charge in [-0.3, -0.25) is 4.79 Å². The summed E-state index contributed by atoms with van der Waals surface area (Å²) in [5.74, 6) is -1.74. The summed E-state index contributed by atoms with van der Waals surface area (Å²) >= 11 is 1.09. The second-order valence-corrected chi connectivity index (χ2v) is 5.47. The first-order chi connectivity index (χ1) is 10.7. The van der Waals surface area contributed by atoms with Crippen molar-refractivity contribution in [1.82, 2.24) is 0 Å². The Hall–Kier alpha value is -2.49. The van der Waals surface area contributed by atoms with Crippen LogP contribution in [-0.2, 0) is 0 Å². The van der Waals surface area contributed by atoms with E-state index in [1.54, 1.807) is 5.38 Å². The topological polar surface area (TPSA) is 73.6 Å². The number of rotatable bonds is 2. The normalized spacial score (nSPS) is 17.6. The molecule has 0 fully saturated rings. The van der Waals surface area contributed by atoms with Crippen LogP contribution in [0.4, 0.5) is 28.9 Å². The van der Waals surface area contributed by atoms with Crippen molar-refractivity contribution in [3.8, 4) is 11.5 Å². The van der Waals surface area contributed by atoms with E-state index in [-0.39, 0.29) is 16.3 Å². The molecule has 1 amide bonds. The molecule has 0 aliphatic carbocycles. The average molecular weight is 348 g/mol. The van der Waals surface area contributed by atoms with Crippen LogP contribution in [0.1, 0.15) is 9.67 Å². The van der Waals surface area contributed by atoms with Crippen LogP contribution in [0.2, 0.25) is 0 Å². The van der Waals surface area contributed by atoms with Crippen molar-refractivity contribution in [1.29, 1.82) is 0 Å². The summed E-state index contributed by atoms with van der Waals surface area (Å²) in [5.41, 5.74) is 5.92. The van der Waals surface area contributed by atoms with Crippen LogP contribution in [0, 0.1) is 0 Å². The van der Waals surface area contributed by atoms with E-state index in [0.717, 1.165) is 23.5 Å². The zero-order chi connectivity index (χ0) is 16.8. The van der Waals surface area contributed by atoms with Crippen molar-refractivity contribution < 1.29 is 31.8 Å². The lowest BCUT2D eigenvalue weighted by Crippen LogP contribution is -2.52. The first-order valence-corrected chi connectivity index (χ1v) is 6.99. The van der Waals surface area contributed by atoms with Crippen LogP contribution >= 0.6 is 11.3 Å². The molecule has 1 aromatic heterocycles. The SMILES string of the molecule is Nc1ccsc1C(=O)Nc1ccc2c(c1)OC(F)(F)C(F)(F)O2. The van der Waals surface area contributed by atoms with Crippen molar-refractivity contribution in [3.63, 3.8) is 0 Å². The van der Waals surface area contributed by atoms with Gasteiger partial charge in [-0.15, -0.1) is 11.3 Å². The van der Waals surface area contributed by atoms with E-state index < -0.39 is 29.6 Å². The van der Waals surface area contributed by atoms with Crippen molar-refractivity contribution in [3.05, 3.63) is 34.5 Å². The lowest BCUT2D eigenvalue weighted by molar-refractivity contribution is -0.391. The largest absolute Gasteiger partial charge is 0.507 e. The van der Waals surface area contributed by atoms with E-state index in [9.17, 15) is 22.4 Å². The second-order valence-electron chi connectivity index (χ2n) is 4.56. The third kappa shape index (κ3) is 2.65. The minimum Gasteiger partial charge on any atom is -0.421 e. The molecule has 3 N–H and O–H groups in total. The molecule has 5 nitrogen and oxygen atoms in total. The van der Waals surface area contributed by atoms with Gasteiger partial charge in [-0.1, -0.05) is 0 Å². The highest BCUT2D eigenvalue weighted by atomic mass is 32.1. The molecular weight excluding hydrogens is 340 g/mol. The number of carbonyl (C=O) groups is 1. The molecule has 2 heterocycles. The Labute approximate surface area is 130 Å². The molecule has 23 heavy (non-hydrogen) atoms. The van der Waals surface area contributed by atoms with Gasteiger partial charge in [0.15, 0.2) is 11.5 Å². The van der Waals surface area contributed by atoms with Crippen LogP contribution in [0.15, 0.2) is 29.6 Å². The van der Waals surface area contributed by atoms with E-state index >= 15 is 0 Å². The number of alkyl halides is 4. The Bertz CT molecular complexity index is 778. The van der Waals surface area contributed by atoms with Crippen LogP contribution in [0.25, 0.3) is 0 Å². The third-order valence-corrected chi connectivity index (χ3v) is 3.85. The van der Waals surface area contributed by atoms with E-state index in [1.807, 2.05) is 0 Å². The van der Waals surface area contributed by atoms with Gasteiger partial charge < -0.3 is 20.5 Å². The van der Waals surface area contributed by atoms with Gasteiger partial charge in [-0.05, 0) is 23.6 Å². The molecule has 0 unspecified atom stereocenters. The van der Waals surface area contributed by atoms with Crippen molar-refractivity contribution in [2.24, 2.45) is 0 Å². The molecule has 10 heteroatoms. The summed E-state index contributed by atoms with van der Waals surface area (Å²) in [6, 6.07) is 4.70. The van der Waals surface area contributed by atoms with Gasteiger partial charge in [0.05, 0.1) is 5.69 Å². The predicted octanol–water partition coefficient (Wildman–Crippen LogP) is 3.54. The van der Waals surface area contributed by atoms with Gasteiger partial charge in [-0.2, -0.15) is 17.6 Å². The maximum absolute atomic E-state index is 13.1. The fraction of sp³-hybridized carbons (Fsp3) is 0.154. The molecule has 1 aromatic carbocycles. The maximum atomic E-state index is 13.1. The number of hydrogen-bond donors (Lipinski definition) is 2. The number of anilines is 2. The average Bonchev–Trinajstić information content (AvgIpc) is 2.86. The van der Waals surface area contributed by atoms with Crippen LogP contribution < -0.4 is 20.5 Å². The number of fused-ring (bicyclic) bond motifs is 1. The van der Waals surface area contributed by atoms with E-state index in [4.69, 9.17) is 5.73 Å². The molecule has 1 aliphatic rings. The quantitative estimate of drug-likeness (QED) is 0.814. The van der Waals surface area contributed by atoms with Crippen LogP contribution in [0.3, 0.4) is 0 Å². The minimum atomic E-state index is -4.82. The zero-order valence-electron chi connectivity index (χ0n) is 11.1. The minimum absolute atomic E-state index is 0.0613.